The Kier molecular flexibility index (Phi) is 10.7. The molecule has 1 saturated heterocycles. The summed E-state index contributed by atoms with van der Waals surface area (Å²) in [7, 11) is -3.21. The summed E-state index contributed by atoms with van der Waals surface area (Å²) in [6.45, 7) is 0.549. The van der Waals surface area contributed by atoms with E-state index in [2.05, 4.69) is 29.0 Å². The Morgan fingerprint density at radius 2 is 1.51 bits per heavy atom. The minimum Gasteiger partial charge on any atom is -0.396 e. The van der Waals surface area contributed by atoms with Gasteiger partial charge in [0.25, 0.3) is 0 Å². The molecule has 1 amide bonds. The quantitative estimate of drug-likeness (QED) is 0.176. The third kappa shape index (κ3) is 8.45. The average molecular weight is 583 g/mol. The van der Waals surface area contributed by atoms with Gasteiger partial charge in [-0.05, 0) is 91.5 Å². The first kappa shape index (κ1) is 30.8. The van der Waals surface area contributed by atoms with E-state index in [9.17, 15) is 22.7 Å². The third-order valence-corrected chi connectivity index (χ3v) is 8.36. The summed E-state index contributed by atoms with van der Waals surface area (Å²) in [6, 6.07) is 21.7. The van der Waals surface area contributed by atoms with Crippen LogP contribution in [0.1, 0.15) is 66.5 Å². The van der Waals surface area contributed by atoms with Gasteiger partial charge in [0.2, 0.25) is 15.9 Å². The maximum atomic E-state index is 13.5. The van der Waals surface area contributed by atoms with Crippen LogP contribution in [-0.4, -0.2) is 43.9 Å². The van der Waals surface area contributed by atoms with Crippen LogP contribution in [-0.2, 0) is 27.7 Å². The molecule has 41 heavy (non-hydrogen) atoms. The van der Waals surface area contributed by atoms with E-state index in [0.29, 0.717) is 37.8 Å². The molecule has 0 radical (unpaired) electrons. The number of aryl methyl sites for hydroxylation is 2. The van der Waals surface area contributed by atoms with Crippen LogP contribution in [0.25, 0.3) is 0 Å². The van der Waals surface area contributed by atoms with Crippen LogP contribution < -0.4 is 9.62 Å². The van der Waals surface area contributed by atoms with E-state index in [-0.39, 0.29) is 30.3 Å². The fourth-order valence-corrected chi connectivity index (χ4v) is 5.90. The number of β-lactam (4-membered cyclic amide) rings is 1. The molecule has 0 unspecified atom stereocenters. The van der Waals surface area contributed by atoms with Crippen LogP contribution >= 0.6 is 0 Å². The van der Waals surface area contributed by atoms with Crippen LogP contribution in [0.15, 0.2) is 72.8 Å². The number of anilines is 1. The molecule has 0 saturated carbocycles. The number of aliphatic hydroxyl groups excluding tert-OH is 2. The Morgan fingerprint density at radius 3 is 2.12 bits per heavy atom. The zero-order valence-electron chi connectivity index (χ0n) is 23.4. The predicted molar refractivity (Wildman–Crippen MR) is 158 cm³/mol. The van der Waals surface area contributed by atoms with Gasteiger partial charge < -0.3 is 15.1 Å². The lowest BCUT2D eigenvalue weighted by Gasteiger charge is -2.48. The Bertz CT molecular complexity index is 1380. The molecule has 1 fully saturated rings. The highest BCUT2D eigenvalue weighted by Crippen LogP contribution is 2.46. The zero-order chi connectivity index (χ0) is 29.4. The molecule has 3 aromatic rings. The molecule has 7 nitrogen and oxygen atoms in total. The number of rotatable bonds is 15. The molecule has 0 aliphatic carbocycles. The number of nitrogens with zero attached hydrogens (tertiary/aromatic N) is 1. The number of unbranched alkanes of at least 4 members (excludes halogenated alkanes) is 1. The van der Waals surface area contributed by atoms with E-state index in [1.165, 1.54) is 17.7 Å². The molecule has 3 atom stereocenters. The summed E-state index contributed by atoms with van der Waals surface area (Å²) in [5, 5.41) is 19.8. The number of halogens is 1. The fourth-order valence-electron chi connectivity index (χ4n) is 5.38. The van der Waals surface area contributed by atoms with E-state index in [1.807, 2.05) is 29.2 Å². The SMILES string of the molecule is CS(=O)(=O)NCCCc1ccc(N2C(=O)[C@H](CC[C@H](O)c3ccc(F)cc3)[C@H]2c2ccc(CCCCO)cc2)cc1. The Labute approximate surface area is 242 Å². The zero-order valence-corrected chi connectivity index (χ0v) is 24.2. The highest BCUT2D eigenvalue weighted by molar-refractivity contribution is 7.88. The average Bonchev–Trinajstić information content (AvgIpc) is 2.95. The van der Waals surface area contributed by atoms with Crippen LogP contribution in [0.4, 0.5) is 10.1 Å². The molecule has 0 aromatic heterocycles. The Hall–Kier alpha value is -3.11. The molecule has 0 bridgehead atoms. The monoisotopic (exact) mass is 582 g/mol. The molecule has 9 heteroatoms. The van der Waals surface area contributed by atoms with Gasteiger partial charge in [0.15, 0.2) is 0 Å². The van der Waals surface area contributed by atoms with Gasteiger partial charge in [-0.1, -0.05) is 48.5 Å². The molecular weight excluding hydrogens is 543 g/mol. The highest BCUT2D eigenvalue weighted by Gasteiger charge is 2.48. The lowest BCUT2D eigenvalue weighted by atomic mass is 9.78. The Morgan fingerprint density at radius 1 is 0.902 bits per heavy atom. The van der Waals surface area contributed by atoms with Crippen molar-refractivity contribution in [2.24, 2.45) is 5.92 Å². The van der Waals surface area contributed by atoms with Crippen molar-refractivity contribution in [3.63, 3.8) is 0 Å². The first-order valence-corrected chi connectivity index (χ1v) is 16.1. The second-order valence-corrected chi connectivity index (χ2v) is 12.6. The molecule has 4 rings (SSSR count). The van der Waals surface area contributed by atoms with Crippen molar-refractivity contribution in [2.75, 3.05) is 24.3 Å². The number of carbonyl (C=O) groups is 1. The third-order valence-electron chi connectivity index (χ3n) is 7.64. The van der Waals surface area contributed by atoms with Gasteiger partial charge in [0.1, 0.15) is 5.82 Å². The van der Waals surface area contributed by atoms with E-state index in [0.717, 1.165) is 42.3 Å². The Balaban J connectivity index is 1.47. The minimum absolute atomic E-state index is 0.00145. The maximum absolute atomic E-state index is 13.5. The second kappa shape index (κ2) is 14.2. The summed E-state index contributed by atoms with van der Waals surface area (Å²) < 4.78 is 38.3. The fraction of sp³-hybridized carbons (Fsp3) is 0.406. The summed E-state index contributed by atoms with van der Waals surface area (Å²) in [4.78, 5) is 15.3. The van der Waals surface area contributed by atoms with Crippen molar-refractivity contribution < 1.29 is 27.8 Å². The van der Waals surface area contributed by atoms with E-state index in [4.69, 9.17) is 5.11 Å². The van der Waals surface area contributed by atoms with Gasteiger partial charge >= 0.3 is 0 Å². The van der Waals surface area contributed by atoms with Crippen molar-refractivity contribution in [3.05, 3.63) is 101 Å². The lowest BCUT2D eigenvalue weighted by molar-refractivity contribution is -0.131. The number of hydrogen-bond donors (Lipinski definition) is 3. The number of hydrogen-bond acceptors (Lipinski definition) is 5. The number of sulfonamides is 1. The first-order valence-electron chi connectivity index (χ1n) is 14.2. The molecule has 0 spiro atoms. The van der Waals surface area contributed by atoms with E-state index < -0.39 is 16.1 Å². The molecule has 1 aliphatic rings. The van der Waals surface area contributed by atoms with Gasteiger partial charge in [0, 0.05) is 18.8 Å². The van der Waals surface area contributed by atoms with Crippen LogP contribution in [0.3, 0.4) is 0 Å². The molecule has 220 valence electrons. The largest absolute Gasteiger partial charge is 0.396 e. The molecule has 3 aromatic carbocycles. The van der Waals surface area contributed by atoms with Crippen molar-refractivity contribution in [1.82, 2.24) is 4.72 Å². The van der Waals surface area contributed by atoms with Crippen molar-refractivity contribution in [1.29, 1.82) is 0 Å². The van der Waals surface area contributed by atoms with Crippen molar-refractivity contribution in [2.45, 2.75) is 57.1 Å². The maximum Gasteiger partial charge on any atom is 0.233 e. The van der Waals surface area contributed by atoms with Gasteiger partial charge in [0.05, 0.1) is 24.3 Å². The number of aliphatic hydroxyl groups is 2. The summed E-state index contributed by atoms with van der Waals surface area (Å²) in [5.74, 6) is -0.660. The van der Waals surface area contributed by atoms with Crippen LogP contribution in [0.2, 0.25) is 0 Å². The second-order valence-electron chi connectivity index (χ2n) is 10.8. The van der Waals surface area contributed by atoms with E-state index in [1.54, 1.807) is 12.1 Å². The van der Waals surface area contributed by atoms with Gasteiger partial charge in [-0.15, -0.1) is 0 Å². The van der Waals surface area contributed by atoms with Gasteiger partial charge in [-0.3, -0.25) is 4.79 Å². The lowest BCUT2D eigenvalue weighted by Crippen LogP contribution is -2.55. The van der Waals surface area contributed by atoms with Crippen LogP contribution in [0.5, 0.6) is 0 Å². The van der Waals surface area contributed by atoms with Gasteiger partial charge in [-0.2, -0.15) is 0 Å². The molecular formula is C32H39FN2O5S. The number of amides is 1. The normalized spacial score (nSPS) is 17.9. The van der Waals surface area contributed by atoms with Gasteiger partial charge in [-0.25, -0.2) is 17.5 Å². The summed E-state index contributed by atoms with van der Waals surface area (Å²) in [6.07, 6.45) is 5.15. The minimum atomic E-state index is -3.21. The topological polar surface area (TPSA) is 107 Å². The van der Waals surface area contributed by atoms with Crippen molar-refractivity contribution >= 4 is 21.6 Å². The highest BCUT2D eigenvalue weighted by atomic mass is 32.2. The standard InChI is InChI=1S/C32H39FN2O5S/c1-41(39,40)34-21-4-6-24-9-17-28(18-10-24)35-31(26-11-7-23(8-12-26)5-2-3-22-36)29(32(35)38)19-20-30(37)25-13-15-27(33)16-14-25/h7-18,29-31,34,36-37H,2-6,19-22H2,1H3/t29-,30+,31-/m1/s1. The van der Waals surface area contributed by atoms with Crippen LogP contribution in [0, 0.1) is 11.7 Å². The summed E-state index contributed by atoms with van der Waals surface area (Å²) >= 11 is 0. The molecule has 3 N–H and O–H groups in total. The van der Waals surface area contributed by atoms with Crippen molar-refractivity contribution in [3.8, 4) is 0 Å². The smallest absolute Gasteiger partial charge is 0.233 e. The number of nitrogens with one attached hydrogen (secondary N) is 1. The summed E-state index contributed by atoms with van der Waals surface area (Å²) in [5.41, 5.74) is 4.67. The number of carbonyl (C=O) groups excluding carboxylic acids is 1. The number of benzene rings is 3. The molecule has 1 heterocycles. The molecule has 1 aliphatic heterocycles. The predicted octanol–water partition coefficient (Wildman–Crippen LogP) is 4.84. The van der Waals surface area contributed by atoms with E-state index >= 15 is 0 Å². The first-order chi connectivity index (χ1) is 19.7.